The zero-order chi connectivity index (χ0) is 56.2. The van der Waals surface area contributed by atoms with Gasteiger partial charge in [0, 0.05) is 71.0 Å². The Hall–Kier alpha value is -8.53. The van der Waals surface area contributed by atoms with Crippen molar-refractivity contribution in [2.75, 3.05) is 19.6 Å². The molecule has 0 bridgehead atoms. The summed E-state index contributed by atoms with van der Waals surface area (Å²) < 4.78 is 70.4. The number of carbonyl (C=O) groups excluding carboxylic acids is 7. The summed E-state index contributed by atoms with van der Waals surface area (Å²) in [6.45, 7) is 3.87. The molecule has 1 aliphatic carbocycles. The molecule has 1 saturated carbocycles. The molecule has 38 heteroatoms. The Morgan fingerprint density at radius 1 is 0.487 bits per heavy atom. The molecule has 3 heterocycles. The molecule has 4 rings (SSSR count). The van der Waals surface area contributed by atoms with Gasteiger partial charge < -0.3 is 62.2 Å². The molecule has 4 fully saturated rings. The zero-order valence-electron chi connectivity index (χ0n) is 40.7. The lowest BCUT2D eigenvalue weighted by Crippen LogP contribution is -2.65. The summed E-state index contributed by atoms with van der Waals surface area (Å²) in [6.07, 6.45) is -23.3. The summed E-state index contributed by atoms with van der Waals surface area (Å²) in [5.74, 6) is -5.10. The van der Waals surface area contributed by atoms with Crippen LogP contribution in [0.3, 0.4) is 0 Å². The van der Waals surface area contributed by atoms with Crippen molar-refractivity contribution in [2.45, 2.75) is 164 Å². The van der Waals surface area contributed by atoms with Gasteiger partial charge in [0.05, 0.1) is 37.8 Å². The number of ether oxygens (including phenoxy) is 12. The first-order chi connectivity index (χ1) is 36.3. The molecule has 1 amide bonds. The van der Waals surface area contributed by atoms with Crippen LogP contribution in [0.5, 0.6) is 0 Å². The second-order valence-electron chi connectivity index (χ2n) is 16.2. The lowest BCUT2D eigenvalue weighted by atomic mass is 9.83. The van der Waals surface area contributed by atoms with Gasteiger partial charge in [0.25, 0.3) is 5.91 Å². The van der Waals surface area contributed by atoms with E-state index in [1.54, 1.807) is 0 Å². The lowest BCUT2D eigenvalue weighted by Gasteiger charge is -2.48. The highest BCUT2D eigenvalue weighted by Gasteiger charge is 2.60. The van der Waals surface area contributed by atoms with Crippen molar-refractivity contribution in [3.8, 4) is 12.3 Å². The number of azide groups is 6. The quantitative estimate of drug-likeness (QED) is 0.0406. The van der Waals surface area contributed by atoms with E-state index in [0.29, 0.717) is 0 Å². The van der Waals surface area contributed by atoms with Crippen molar-refractivity contribution in [2.24, 2.45) is 30.7 Å². The van der Waals surface area contributed by atoms with E-state index in [1.165, 1.54) is 0 Å². The molecule has 0 unspecified atom stereocenters. The average molecular weight is 1070 g/mol. The van der Waals surface area contributed by atoms with Crippen molar-refractivity contribution in [3.63, 3.8) is 0 Å². The second-order valence-corrected chi connectivity index (χ2v) is 16.2. The van der Waals surface area contributed by atoms with Crippen LogP contribution in [-0.4, -0.2) is 178 Å². The first-order valence-electron chi connectivity index (χ1n) is 22.1. The van der Waals surface area contributed by atoms with Crippen LogP contribution in [-0.2, 0) is 90.4 Å². The summed E-state index contributed by atoms with van der Waals surface area (Å²) in [5, 5.41) is 24.1. The highest BCUT2D eigenvalue weighted by atomic mass is 16.8. The van der Waals surface area contributed by atoms with Gasteiger partial charge in [-0.05, 0) is 39.6 Å². The first-order valence-corrected chi connectivity index (χ1v) is 22.1. The SMILES string of the molecule is C#CCNC(=O)[C@H]1O[C@@H](O[C@@H]2[C@@H](OC(C)=O)[C@H](N=[N+]=[N-])C[C@H](N=[N+]=[N-])[C@H]2O[C@H]2O[C@H](CN=[N+]=[N-])[C@@H](OC(C)=O)[C@H](OC(C)=O)[C@H]2N=[N+]=[N-])[C@H](OC(C)=O)[C@@H]1O[C@H]1O[C@@H](CN=[N+]=[N-])[C@@H](OC(C)=O)[C@H](OC(C)=O)[C@H]1N=[N+]=[N-]. The monoisotopic (exact) mass is 1070 g/mol. The fourth-order valence-corrected chi connectivity index (χ4v) is 8.49. The minimum absolute atomic E-state index is 0.473. The Labute approximate surface area is 426 Å². The van der Waals surface area contributed by atoms with E-state index in [9.17, 15) is 66.7 Å². The normalized spacial score (nSPS) is 33.2. The Kier molecular flexibility index (Phi) is 22.7. The van der Waals surface area contributed by atoms with E-state index in [0.717, 1.165) is 41.5 Å². The lowest BCUT2D eigenvalue weighted by molar-refractivity contribution is -0.309. The predicted molar refractivity (Wildman–Crippen MR) is 240 cm³/mol. The van der Waals surface area contributed by atoms with E-state index < -0.39 is 184 Å². The minimum Gasteiger partial charge on any atom is -0.459 e. The van der Waals surface area contributed by atoms with Gasteiger partial charge in [-0.15, -0.1) is 6.42 Å². The van der Waals surface area contributed by atoms with Gasteiger partial charge >= 0.3 is 35.8 Å². The Bertz CT molecular complexity index is 2540. The smallest absolute Gasteiger partial charge is 0.303 e. The number of hydrogen-bond acceptors (Lipinski definition) is 25. The molecule has 0 aromatic carbocycles. The van der Waals surface area contributed by atoms with Gasteiger partial charge in [0.1, 0.15) is 42.6 Å². The van der Waals surface area contributed by atoms with Crippen LogP contribution in [0, 0.1) is 12.3 Å². The van der Waals surface area contributed by atoms with Crippen molar-refractivity contribution < 1.29 is 90.4 Å². The van der Waals surface area contributed by atoms with Gasteiger partial charge in [-0.1, -0.05) is 36.6 Å². The number of hydrogen-bond donors (Lipinski definition) is 1. The summed E-state index contributed by atoms with van der Waals surface area (Å²) in [7, 11) is 0. The number of amides is 1. The van der Waals surface area contributed by atoms with Crippen LogP contribution in [0.15, 0.2) is 30.7 Å². The van der Waals surface area contributed by atoms with Crippen molar-refractivity contribution in [1.82, 2.24) is 5.32 Å². The van der Waals surface area contributed by atoms with E-state index >= 15 is 0 Å². The standard InChI is InChI=1S/C38H47N19O19/c1-8-9-45-35(64)33-32(74-37-24(51-57-44)30(69-17(6)62)28(67-15(4)60)22(72-37)12-47-53-40)34(70-18(7)63)38(76-33)75-31-25(65-13(2)58)19(48-54-41)10-20(49-55-42)26(31)73-36-23(50-56-43)29(68-16(5)61)27(66-14(3)59)21(71-36)11-46-52-39/h1,19-34,36-38H,9-12H2,2-7H3,(H,45,64)/t19-,20+,21-,22+,23-,24-,25+,26-,27-,28-,29-,30-,31-,32-,33+,34-,36-,37-,38-/m1/s1. The zero-order valence-corrected chi connectivity index (χ0v) is 40.7. The van der Waals surface area contributed by atoms with Crippen LogP contribution in [0.4, 0.5) is 0 Å². The van der Waals surface area contributed by atoms with Crippen LogP contribution < -0.4 is 5.32 Å². The third-order valence-electron chi connectivity index (χ3n) is 11.0. The summed E-state index contributed by atoms with van der Waals surface area (Å²) >= 11 is 0. The number of nitrogens with zero attached hydrogens (tertiary/aromatic N) is 18. The van der Waals surface area contributed by atoms with Gasteiger partial charge in [-0.2, -0.15) is 0 Å². The van der Waals surface area contributed by atoms with E-state index in [1.807, 2.05) is 0 Å². The van der Waals surface area contributed by atoms with Crippen molar-refractivity contribution in [1.29, 1.82) is 0 Å². The maximum Gasteiger partial charge on any atom is 0.303 e. The highest BCUT2D eigenvalue weighted by molar-refractivity contribution is 5.82. The fraction of sp³-hybridized carbons (Fsp3) is 0.763. The molecular formula is C38H47N19O19. The molecule has 0 radical (unpaired) electrons. The largest absolute Gasteiger partial charge is 0.459 e. The summed E-state index contributed by atoms with van der Waals surface area (Å²) in [6, 6.07) is -6.87. The highest BCUT2D eigenvalue weighted by Crippen LogP contribution is 2.41. The minimum atomic E-state index is -2.18. The molecule has 0 aromatic rings. The molecule has 19 atom stereocenters. The topological polar surface area (TPSA) is 535 Å². The molecule has 3 aliphatic heterocycles. The van der Waals surface area contributed by atoms with Crippen LogP contribution >= 0.6 is 0 Å². The number of rotatable bonds is 22. The molecule has 76 heavy (non-hydrogen) atoms. The second kappa shape index (κ2) is 28.8. The Balaban J connectivity index is 1.98. The Morgan fingerprint density at radius 3 is 1.28 bits per heavy atom. The van der Waals surface area contributed by atoms with Crippen LogP contribution in [0.25, 0.3) is 62.7 Å². The predicted octanol–water partition coefficient (Wildman–Crippen LogP) is 2.40. The fourth-order valence-electron chi connectivity index (χ4n) is 8.49. The number of esters is 6. The van der Waals surface area contributed by atoms with Gasteiger partial charge in [-0.3, -0.25) is 33.6 Å². The molecule has 408 valence electrons. The third-order valence-corrected chi connectivity index (χ3v) is 11.0. The number of carbonyl (C=O) groups is 7. The van der Waals surface area contributed by atoms with Crippen LogP contribution in [0.1, 0.15) is 48.0 Å². The average Bonchev–Trinajstić information content (AvgIpc) is 3.66. The van der Waals surface area contributed by atoms with Crippen molar-refractivity contribution >= 4 is 41.7 Å². The van der Waals surface area contributed by atoms with E-state index in [-0.39, 0.29) is 0 Å². The third kappa shape index (κ3) is 15.7. The van der Waals surface area contributed by atoms with Gasteiger partial charge in [0.2, 0.25) is 0 Å². The molecule has 38 nitrogen and oxygen atoms in total. The maximum atomic E-state index is 14.1. The summed E-state index contributed by atoms with van der Waals surface area (Å²) in [5.41, 5.74) is 57.5. The molecule has 0 spiro atoms. The number of terminal acetylenes is 1. The molecule has 1 N–H and O–H groups in total. The number of nitrogens with one attached hydrogen (secondary N) is 1. The van der Waals surface area contributed by atoms with Crippen molar-refractivity contribution in [3.05, 3.63) is 62.7 Å². The van der Waals surface area contributed by atoms with E-state index in [2.05, 4.69) is 71.4 Å². The summed E-state index contributed by atoms with van der Waals surface area (Å²) in [4.78, 5) is 106. The van der Waals surface area contributed by atoms with E-state index in [4.69, 9.17) is 63.3 Å². The maximum absolute atomic E-state index is 14.1. The van der Waals surface area contributed by atoms with Crippen LogP contribution in [0.2, 0.25) is 0 Å². The van der Waals surface area contributed by atoms with Gasteiger partial charge in [-0.25, -0.2) is 0 Å². The molecule has 3 saturated heterocycles. The Morgan fingerprint density at radius 2 is 0.868 bits per heavy atom. The van der Waals surface area contributed by atoms with Gasteiger partial charge in [0.15, 0.2) is 55.5 Å². The molecular weight excluding hydrogens is 1030 g/mol. The first kappa shape index (κ1) is 60.0. The molecule has 0 aromatic heterocycles. The molecule has 4 aliphatic rings.